The zero-order valence-corrected chi connectivity index (χ0v) is 8.62. The van der Waals surface area contributed by atoms with E-state index in [4.69, 9.17) is 0 Å². The van der Waals surface area contributed by atoms with Crippen molar-refractivity contribution in [3.05, 3.63) is 0 Å². The second-order valence-electron chi connectivity index (χ2n) is 3.67. The Hall–Kier alpha value is -0.200. The molecule has 1 aliphatic rings. The van der Waals surface area contributed by atoms with E-state index in [1.54, 1.807) is 13.8 Å². The topological polar surface area (TPSA) is 58.2 Å². The smallest absolute Gasteiger partial charge is 0.214 e. The first kappa shape index (κ1) is 10.9. The molecule has 78 valence electrons. The molecule has 1 fully saturated rings. The molecule has 0 aromatic carbocycles. The van der Waals surface area contributed by atoms with Crippen molar-refractivity contribution in [1.29, 1.82) is 0 Å². The fourth-order valence-electron chi connectivity index (χ4n) is 0.918. The van der Waals surface area contributed by atoms with E-state index in [2.05, 4.69) is 10.0 Å². The SMILES string of the molecule is CC(C)S(=O)(=O)NCC1(F)CNC1. The number of sulfonamides is 1. The monoisotopic (exact) mass is 210 g/mol. The lowest BCUT2D eigenvalue weighted by molar-refractivity contribution is 0.0961. The summed E-state index contributed by atoms with van der Waals surface area (Å²) in [5.74, 6) is 0. The van der Waals surface area contributed by atoms with Crippen LogP contribution in [0.5, 0.6) is 0 Å². The zero-order valence-electron chi connectivity index (χ0n) is 7.80. The Morgan fingerprint density at radius 2 is 2.08 bits per heavy atom. The summed E-state index contributed by atoms with van der Waals surface area (Å²) in [6, 6.07) is 0. The molecule has 0 bridgehead atoms. The summed E-state index contributed by atoms with van der Waals surface area (Å²) in [6.45, 7) is 3.46. The van der Waals surface area contributed by atoms with Gasteiger partial charge in [-0.05, 0) is 13.8 Å². The van der Waals surface area contributed by atoms with Gasteiger partial charge in [-0.3, -0.25) is 0 Å². The summed E-state index contributed by atoms with van der Waals surface area (Å²) in [7, 11) is -3.33. The van der Waals surface area contributed by atoms with Gasteiger partial charge in [0, 0.05) is 19.6 Å². The maximum atomic E-state index is 13.3. The molecule has 0 aromatic heterocycles. The van der Waals surface area contributed by atoms with Crippen LogP contribution >= 0.6 is 0 Å². The van der Waals surface area contributed by atoms with Crippen LogP contribution in [0.3, 0.4) is 0 Å². The van der Waals surface area contributed by atoms with E-state index in [1.807, 2.05) is 0 Å². The van der Waals surface area contributed by atoms with Gasteiger partial charge in [0.15, 0.2) is 0 Å². The molecule has 2 N–H and O–H groups in total. The van der Waals surface area contributed by atoms with Crippen molar-refractivity contribution in [1.82, 2.24) is 10.0 Å². The lowest BCUT2D eigenvalue weighted by Crippen LogP contribution is -2.61. The van der Waals surface area contributed by atoms with Crippen molar-refractivity contribution < 1.29 is 12.8 Å². The normalized spacial score (nSPS) is 21.5. The largest absolute Gasteiger partial charge is 0.310 e. The third kappa shape index (κ3) is 2.62. The molecule has 0 atom stereocenters. The molecule has 6 heteroatoms. The van der Waals surface area contributed by atoms with Crippen LogP contribution in [0.1, 0.15) is 13.8 Å². The van der Waals surface area contributed by atoms with E-state index in [-0.39, 0.29) is 19.6 Å². The van der Waals surface area contributed by atoms with Crippen LogP contribution in [0, 0.1) is 0 Å². The van der Waals surface area contributed by atoms with Gasteiger partial charge < -0.3 is 5.32 Å². The molecular formula is C7H15FN2O2S. The van der Waals surface area contributed by atoms with Crippen molar-refractivity contribution in [3.63, 3.8) is 0 Å². The maximum absolute atomic E-state index is 13.3. The second kappa shape index (κ2) is 3.51. The van der Waals surface area contributed by atoms with E-state index < -0.39 is 20.9 Å². The molecule has 0 amide bonds. The molecular weight excluding hydrogens is 195 g/mol. The predicted octanol–water partition coefficient (Wildman–Crippen LogP) is -0.374. The number of nitrogens with one attached hydrogen (secondary N) is 2. The average molecular weight is 210 g/mol. The van der Waals surface area contributed by atoms with Gasteiger partial charge in [0.25, 0.3) is 0 Å². The third-order valence-electron chi connectivity index (χ3n) is 2.09. The first-order chi connectivity index (χ1) is 5.86. The van der Waals surface area contributed by atoms with Crippen LogP contribution in [0.15, 0.2) is 0 Å². The number of halogens is 1. The number of rotatable bonds is 4. The zero-order chi connectivity index (χ0) is 10.1. The van der Waals surface area contributed by atoms with Crippen molar-refractivity contribution >= 4 is 10.0 Å². The highest BCUT2D eigenvalue weighted by Gasteiger charge is 2.38. The Kier molecular flexibility index (Phi) is 2.94. The minimum atomic E-state index is -3.33. The van der Waals surface area contributed by atoms with E-state index in [0.29, 0.717) is 0 Å². The van der Waals surface area contributed by atoms with Crippen LogP contribution < -0.4 is 10.0 Å². The Balaban J connectivity index is 2.42. The van der Waals surface area contributed by atoms with Gasteiger partial charge in [-0.2, -0.15) is 0 Å². The summed E-state index contributed by atoms with van der Waals surface area (Å²) < 4.78 is 38.0. The van der Waals surface area contributed by atoms with Gasteiger partial charge in [-0.25, -0.2) is 17.5 Å². The molecule has 0 aliphatic carbocycles. The van der Waals surface area contributed by atoms with Gasteiger partial charge in [0.2, 0.25) is 10.0 Å². The standard InChI is InChI=1S/C7H15FN2O2S/c1-6(2)13(11,12)10-5-7(8)3-9-4-7/h6,9-10H,3-5H2,1-2H3. The predicted molar refractivity (Wildman–Crippen MR) is 48.8 cm³/mol. The summed E-state index contributed by atoms with van der Waals surface area (Å²) in [6.07, 6.45) is 0. The first-order valence-corrected chi connectivity index (χ1v) is 5.78. The highest BCUT2D eigenvalue weighted by Crippen LogP contribution is 2.15. The third-order valence-corrected chi connectivity index (χ3v) is 3.88. The van der Waals surface area contributed by atoms with Crippen LogP contribution in [-0.4, -0.2) is 39.0 Å². The van der Waals surface area contributed by atoms with Crippen molar-refractivity contribution in [2.45, 2.75) is 24.8 Å². The van der Waals surface area contributed by atoms with Gasteiger partial charge in [-0.1, -0.05) is 0 Å². The van der Waals surface area contributed by atoms with Crippen LogP contribution in [0.2, 0.25) is 0 Å². The maximum Gasteiger partial charge on any atom is 0.214 e. The van der Waals surface area contributed by atoms with Gasteiger partial charge in [-0.15, -0.1) is 0 Å². The molecule has 0 unspecified atom stereocenters. The van der Waals surface area contributed by atoms with E-state index in [0.717, 1.165) is 0 Å². The summed E-state index contributed by atoms with van der Waals surface area (Å²) in [5.41, 5.74) is -1.39. The van der Waals surface area contributed by atoms with E-state index in [9.17, 15) is 12.8 Å². The van der Waals surface area contributed by atoms with Crippen LogP contribution in [0.4, 0.5) is 4.39 Å². The fraction of sp³-hybridized carbons (Fsp3) is 1.00. The average Bonchev–Trinajstić information content (AvgIpc) is 1.97. The highest BCUT2D eigenvalue weighted by molar-refractivity contribution is 7.90. The lowest BCUT2D eigenvalue weighted by atomic mass is 10.0. The Morgan fingerprint density at radius 3 is 2.38 bits per heavy atom. The molecule has 4 nitrogen and oxygen atoms in total. The summed E-state index contributed by atoms with van der Waals surface area (Å²) in [5, 5.41) is 2.25. The Morgan fingerprint density at radius 1 is 1.54 bits per heavy atom. The van der Waals surface area contributed by atoms with Crippen LogP contribution in [-0.2, 0) is 10.0 Å². The molecule has 1 rings (SSSR count). The number of alkyl halides is 1. The molecule has 1 saturated heterocycles. The van der Waals surface area contributed by atoms with Crippen LogP contribution in [0.25, 0.3) is 0 Å². The second-order valence-corrected chi connectivity index (χ2v) is 5.99. The summed E-state index contributed by atoms with van der Waals surface area (Å²) in [4.78, 5) is 0. The molecule has 0 radical (unpaired) electrons. The van der Waals surface area contributed by atoms with Gasteiger partial charge in [0.1, 0.15) is 5.67 Å². The highest BCUT2D eigenvalue weighted by atomic mass is 32.2. The van der Waals surface area contributed by atoms with Crippen molar-refractivity contribution in [2.24, 2.45) is 0 Å². The minimum Gasteiger partial charge on any atom is -0.310 e. The minimum absolute atomic E-state index is 0.124. The molecule has 1 heterocycles. The van der Waals surface area contributed by atoms with Gasteiger partial charge >= 0.3 is 0 Å². The Bertz CT molecular complexity index is 272. The summed E-state index contributed by atoms with van der Waals surface area (Å²) >= 11 is 0. The molecule has 1 aliphatic heterocycles. The quantitative estimate of drug-likeness (QED) is 0.665. The number of hydrogen-bond donors (Lipinski definition) is 2. The number of hydrogen-bond acceptors (Lipinski definition) is 3. The molecule has 13 heavy (non-hydrogen) atoms. The van der Waals surface area contributed by atoms with Gasteiger partial charge in [0.05, 0.1) is 5.25 Å². The van der Waals surface area contributed by atoms with Crippen molar-refractivity contribution in [2.75, 3.05) is 19.6 Å². The van der Waals surface area contributed by atoms with E-state index >= 15 is 0 Å². The molecule has 0 spiro atoms. The Labute approximate surface area is 77.9 Å². The lowest BCUT2D eigenvalue weighted by Gasteiger charge is -2.35. The molecule has 0 saturated carbocycles. The first-order valence-electron chi connectivity index (χ1n) is 4.24. The van der Waals surface area contributed by atoms with Crippen molar-refractivity contribution in [3.8, 4) is 0 Å². The van der Waals surface area contributed by atoms with E-state index in [1.165, 1.54) is 0 Å². The fourth-order valence-corrected chi connectivity index (χ4v) is 1.71. The molecule has 0 aromatic rings.